The molecule has 0 bridgehead atoms. The summed E-state index contributed by atoms with van der Waals surface area (Å²) in [5.41, 5.74) is 1.39. The first-order chi connectivity index (χ1) is 9.90. The number of nitrogens with zero attached hydrogens (tertiary/aromatic N) is 1. The molecular formula is C17H30N2OS. The van der Waals surface area contributed by atoms with Crippen LogP contribution >= 0.6 is 11.3 Å². The Labute approximate surface area is 133 Å². The van der Waals surface area contributed by atoms with E-state index in [0.29, 0.717) is 5.92 Å². The first-order valence-electron chi connectivity index (χ1n) is 8.10. The van der Waals surface area contributed by atoms with Gasteiger partial charge in [-0.3, -0.25) is 0 Å². The van der Waals surface area contributed by atoms with Crippen LogP contribution in [0.4, 0.5) is 0 Å². The molecule has 21 heavy (non-hydrogen) atoms. The minimum atomic E-state index is 0.0466. The van der Waals surface area contributed by atoms with Gasteiger partial charge in [0.1, 0.15) is 5.01 Å². The van der Waals surface area contributed by atoms with Crippen molar-refractivity contribution in [3.63, 3.8) is 0 Å². The summed E-state index contributed by atoms with van der Waals surface area (Å²) in [6.45, 7) is 10.7. The van der Waals surface area contributed by atoms with Crippen LogP contribution < -0.4 is 5.32 Å². The molecule has 3 nitrogen and oxygen atoms in total. The molecule has 0 aliphatic heterocycles. The Morgan fingerprint density at radius 2 is 2.19 bits per heavy atom. The van der Waals surface area contributed by atoms with E-state index in [4.69, 9.17) is 9.72 Å². The first-order valence-corrected chi connectivity index (χ1v) is 8.98. The van der Waals surface area contributed by atoms with Crippen molar-refractivity contribution in [2.45, 2.75) is 64.3 Å². The number of aromatic nitrogens is 1. The van der Waals surface area contributed by atoms with E-state index in [1.54, 1.807) is 7.11 Å². The van der Waals surface area contributed by atoms with E-state index < -0.39 is 0 Å². The molecular weight excluding hydrogens is 280 g/mol. The minimum Gasteiger partial charge on any atom is -0.383 e. The number of thiazole rings is 1. The zero-order valence-corrected chi connectivity index (χ0v) is 15.0. The fourth-order valence-electron chi connectivity index (χ4n) is 3.20. The zero-order valence-electron chi connectivity index (χ0n) is 14.2. The number of hydrogen-bond donors (Lipinski definition) is 1. The maximum absolute atomic E-state index is 5.23. The summed E-state index contributed by atoms with van der Waals surface area (Å²) >= 11 is 1.83. The molecule has 0 amide bonds. The third-order valence-corrected chi connectivity index (χ3v) is 5.72. The fourth-order valence-corrected chi connectivity index (χ4v) is 4.57. The predicted octanol–water partition coefficient (Wildman–Crippen LogP) is 4.08. The maximum Gasteiger partial charge on any atom is 0.113 e. The van der Waals surface area contributed by atoms with E-state index in [1.807, 2.05) is 11.3 Å². The SMILES string of the molecule is COCCNC1(c2nc(C(C)(C)C)cs2)CCCCC1C. The molecule has 1 N–H and O–H groups in total. The summed E-state index contributed by atoms with van der Waals surface area (Å²) in [5, 5.41) is 7.31. The first kappa shape index (κ1) is 16.9. The van der Waals surface area contributed by atoms with Crippen molar-refractivity contribution < 1.29 is 4.74 Å². The zero-order chi connectivity index (χ0) is 15.5. The Morgan fingerprint density at radius 1 is 1.43 bits per heavy atom. The Bertz CT molecular complexity index is 452. The molecule has 120 valence electrons. The molecule has 1 aliphatic rings. The molecule has 0 saturated heterocycles. The van der Waals surface area contributed by atoms with Crippen molar-refractivity contribution in [3.8, 4) is 0 Å². The van der Waals surface area contributed by atoms with Gasteiger partial charge in [0.05, 0.1) is 17.8 Å². The van der Waals surface area contributed by atoms with Gasteiger partial charge in [0, 0.05) is 24.4 Å². The molecule has 0 aromatic carbocycles. The lowest BCUT2D eigenvalue weighted by Crippen LogP contribution is -2.50. The van der Waals surface area contributed by atoms with Gasteiger partial charge in [-0.1, -0.05) is 40.5 Å². The Balaban J connectivity index is 2.28. The van der Waals surface area contributed by atoms with Crippen LogP contribution in [0.25, 0.3) is 0 Å². The monoisotopic (exact) mass is 310 g/mol. The average molecular weight is 311 g/mol. The molecule has 0 radical (unpaired) electrons. The number of nitrogens with one attached hydrogen (secondary N) is 1. The minimum absolute atomic E-state index is 0.0466. The van der Waals surface area contributed by atoms with Gasteiger partial charge < -0.3 is 10.1 Å². The Kier molecular flexibility index (Phi) is 5.44. The molecule has 4 heteroatoms. The van der Waals surface area contributed by atoms with E-state index in [2.05, 4.69) is 38.4 Å². The van der Waals surface area contributed by atoms with Gasteiger partial charge in [-0.05, 0) is 18.8 Å². The van der Waals surface area contributed by atoms with Gasteiger partial charge in [0.15, 0.2) is 0 Å². The van der Waals surface area contributed by atoms with Gasteiger partial charge >= 0.3 is 0 Å². The summed E-state index contributed by atoms with van der Waals surface area (Å²) in [6, 6.07) is 0. The lowest BCUT2D eigenvalue weighted by Gasteiger charge is -2.42. The van der Waals surface area contributed by atoms with E-state index in [-0.39, 0.29) is 11.0 Å². The lowest BCUT2D eigenvalue weighted by molar-refractivity contribution is 0.127. The summed E-state index contributed by atoms with van der Waals surface area (Å²) < 4.78 is 5.23. The molecule has 1 saturated carbocycles. The molecule has 1 heterocycles. The largest absolute Gasteiger partial charge is 0.383 e. The number of rotatable bonds is 5. The number of hydrogen-bond acceptors (Lipinski definition) is 4. The molecule has 1 fully saturated rings. The van der Waals surface area contributed by atoms with Crippen LogP contribution in [0.5, 0.6) is 0 Å². The third kappa shape index (κ3) is 3.66. The van der Waals surface area contributed by atoms with Crippen molar-refractivity contribution >= 4 is 11.3 Å². The standard InChI is InChI=1S/C17H30N2OS/c1-13-8-6-7-9-17(13,18-10-11-20-5)15-19-14(12-21-15)16(2,3)4/h12-13,18H,6-11H2,1-5H3. The highest BCUT2D eigenvalue weighted by molar-refractivity contribution is 7.09. The Morgan fingerprint density at radius 3 is 2.76 bits per heavy atom. The van der Waals surface area contributed by atoms with E-state index in [0.717, 1.165) is 13.2 Å². The molecule has 2 atom stereocenters. The molecule has 1 aromatic rings. The van der Waals surface area contributed by atoms with Gasteiger partial charge in [0.25, 0.3) is 0 Å². The molecule has 2 unspecified atom stereocenters. The second-order valence-electron chi connectivity index (χ2n) is 7.33. The van der Waals surface area contributed by atoms with Gasteiger partial charge in [0.2, 0.25) is 0 Å². The average Bonchev–Trinajstić information content (AvgIpc) is 2.91. The van der Waals surface area contributed by atoms with Crippen LogP contribution in [-0.4, -0.2) is 25.2 Å². The van der Waals surface area contributed by atoms with Gasteiger partial charge in [-0.25, -0.2) is 4.98 Å². The topological polar surface area (TPSA) is 34.1 Å². The molecule has 1 aliphatic carbocycles. The quantitative estimate of drug-likeness (QED) is 0.832. The maximum atomic E-state index is 5.23. The normalized spacial score (nSPS) is 27.0. The summed E-state index contributed by atoms with van der Waals surface area (Å²) in [7, 11) is 1.76. The number of ether oxygens (including phenoxy) is 1. The summed E-state index contributed by atoms with van der Waals surface area (Å²) in [5.74, 6) is 0.627. The van der Waals surface area contributed by atoms with Crippen LogP contribution in [0.1, 0.15) is 64.1 Å². The van der Waals surface area contributed by atoms with Gasteiger partial charge in [-0.2, -0.15) is 0 Å². The van der Waals surface area contributed by atoms with Crippen molar-refractivity contribution in [1.82, 2.24) is 10.3 Å². The van der Waals surface area contributed by atoms with Crippen LogP contribution in [0.3, 0.4) is 0 Å². The van der Waals surface area contributed by atoms with E-state index in [1.165, 1.54) is 36.4 Å². The van der Waals surface area contributed by atoms with Crippen molar-refractivity contribution in [3.05, 3.63) is 16.1 Å². The van der Waals surface area contributed by atoms with Crippen molar-refractivity contribution in [2.75, 3.05) is 20.3 Å². The smallest absolute Gasteiger partial charge is 0.113 e. The highest BCUT2D eigenvalue weighted by Gasteiger charge is 2.42. The summed E-state index contributed by atoms with van der Waals surface area (Å²) in [4.78, 5) is 5.02. The fraction of sp³-hybridized carbons (Fsp3) is 0.824. The second-order valence-corrected chi connectivity index (χ2v) is 8.18. The van der Waals surface area contributed by atoms with Gasteiger partial charge in [-0.15, -0.1) is 11.3 Å². The lowest BCUT2D eigenvalue weighted by atomic mass is 9.74. The van der Waals surface area contributed by atoms with Crippen LogP contribution in [0.2, 0.25) is 0 Å². The number of methoxy groups -OCH3 is 1. The summed E-state index contributed by atoms with van der Waals surface area (Å²) in [6.07, 6.45) is 5.10. The Hall–Kier alpha value is -0.450. The molecule has 2 rings (SSSR count). The highest BCUT2D eigenvalue weighted by Crippen LogP contribution is 2.43. The van der Waals surface area contributed by atoms with Crippen molar-refractivity contribution in [1.29, 1.82) is 0 Å². The van der Waals surface area contributed by atoms with E-state index in [9.17, 15) is 0 Å². The van der Waals surface area contributed by atoms with Crippen LogP contribution in [0, 0.1) is 5.92 Å². The van der Waals surface area contributed by atoms with E-state index >= 15 is 0 Å². The predicted molar refractivity (Wildman–Crippen MR) is 90.0 cm³/mol. The molecule has 0 spiro atoms. The van der Waals surface area contributed by atoms with Crippen LogP contribution in [-0.2, 0) is 15.7 Å². The molecule has 1 aromatic heterocycles. The highest BCUT2D eigenvalue weighted by atomic mass is 32.1. The second kappa shape index (κ2) is 6.76. The third-order valence-electron chi connectivity index (χ3n) is 4.70. The van der Waals surface area contributed by atoms with Crippen LogP contribution in [0.15, 0.2) is 5.38 Å². The van der Waals surface area contributed by atoms with Crippen molar-refractivity contribution in [2.24, 2.45) is 5.92 Å².